The maximum absolute atomic E-state index is 12.9. The molecular weight excluding hydrogens is 492 g/mol. The molecule has 2 heterocycles. The number of halogens is 1. The lowest BCUT2D eigenvalue weighted by Gasteiger charge is -2.35. The monoisotopic (exact) mass is 520 g/mol. The zero-order chi connectivity index (χ0) is 25.2. The molecule has 0 aliphatic heterocycles. The lowest BCUT2D eigenvalue weighted by Crippen LogP contribution is -2.46. The van der Waals surface area contributed by atoms with Crippen LogP contribution < -0.4 is 5.32 Å². The van der Waals surface area contributed by atoms with Crippen LogP contribution in [0.3, 0.4) is 0 Å². The van der Waals surface area contributed by atoms with Crippen LogP contribution in [-0.2, 0) is 4.79 Å². The van der Waals surface area contributed by atoms with Crippen LogP contribution >= 0.6 is 23.4 Å². The molecule has 4 aromatic rings. The van der Waals surface area contributed by atoms with Gasteiger partial charge in [-0.05, 0) is 49.4 Å². The van der Waals surface area contributed by atoms with Gasteiger partial charge in [0, 0.05) is 22.0 Å². The fourth-order valence-electron chi connectivity index (χ4n) is 4.78. The summed E-state index contributed by atoms with van der Waals surface area (Å²) in [6, 6.07) is 17.6. The van der Waals surface area contributed by atoms with Crippen LogP contribution in [0.15, 0.2) is 64.2 Å². The second-order valence-electron chi connectivity index (χ2n) is 9.59. The van der Waals surface area contributed by atoms with Crippen LogP contribution in [-0.4, -0.2) is 32.4 Å². The summed E-state index contributed by atoms with van der Waals surface area (Å²) in [7, 11) is 0. The molecule has 0 bridgehead atoms. The first-order valence-corrected chi connectivity index (χ1v) is 13.6. The Morgan fingerprint density at radius 1 is 1.11 bits per heavy atom. The highest BCUT2D eigenvalue weighted by Crippen LogP contribution is 2.34. The number of nitrogens with zero attached hydrogens (tertiary/aromatic N) is 3. The van der Waals surface area contributed by atoms with E-state index in [9.17, 15) is 4.79 Å². The summed E-state index contributed by atoms with van der Waals surface area (Å²) in [5, 5.41) is 13.4. The molecule has 1 aliphatic rings. The molecule has 186 valence electrons. The van der Waals surface area contributed by atoms with E-state index in [0.717, 1.165) is 40.6 Å². The molecular formula is C28H29ClN4O2S. The molecule has 1 aliphatic carbocycles. The van der Waals surface area contributed by atoms with E-state index >= 15 is 0 Å². The summed E-state index contributed by atoms with van der Waals surface area (Å²) in [6.07, 6.45) is 3.42. The van der Waals surface area contributed by atoms with Gasteiger partial charge in [-0.15, -0.1) is 10.2 Å². The van der Waals surface area contributed by atoms with Crippen LogP contribution in [0.5, 0.6) is 0 Å². The van der Waals surface area contributed by atoms with E-state index in [4.69, 9.17) is 21.0 Å². The molecule has 2 aromatic heterocycles. The normalized spacial score (nSPS) is 20.8. The van der Waals surface area contributed by atoms with Crippen molar-refractivity contribution in [2.75, 3.05) is 0 Å². The molecule has 1 amide bonds. The summed E-state index contributed by atoms with van der Waals surface area (Å²) in [6.45, 7) is 6.37. The van der Waals surface area contributed by atoms with E-state index in [0.29, 0.717) is 28.0 Å². The highest BCUT2D eigenvalue weighted by Gasteiger charge is 2.30. The number of para-hydroxylation sites is 1. The largest absolute Gasteiger partial charge is 0.411 e. The van der Waals surface area contributed by atoms with E-state index in [1.807, 2.05) is 61.5 Å². The van der Waals surface area contributed by atoms with Crippen LogP contribution in [0.2, 0.25) is 5.02 Å². The zero-order valence-corrected chi connectivity index (χ0v) is 22.1. The minimum Gasteiger partial charge on any atom is -0.411 e. The van der Waals surface area contributed by atoms with Crippen LogP contribution in [0.25, 0.3) is 33.6 Å². The number of nitrogens with one attached hydrogen (secondary N) is 1. The number of carbonyl (C=O) groups is 1. The van der Waals surface area contributed by atoms with Crippen molar-refractivity contribution in [2.24, 2.45) is 11.8 Å². The molecule has 2 aromatic carbocycles. The van der Waals surface area contributed by atoms with Gasteiger partial charge in [0.1, 0.15) is 0 Å². The molecule has 1 saturated carbocycles. The molecule has 0 saturated heterocycles. The Morgan fingerprint density at radius 2 is 1.89 bits per heavy atom. The van der Waals surface area contributed by atoms with Crippen molar-refractivity contribution in [2.45, 2.75) is 56.5 Å². The van der Waals surface area contributed by atoms with Gasteiger partial charge in [0.05, 0.1) is 22.0 Å². The summed E-state index contributed by atoms with van der Waals surface area (Å²) >= 11 is 7.35. The third kappa shape index (κ3) is 5.27. The number of hydrogen-bond donors (Lipinski definition) is 1. The van der Waals surface area contributed by atoms with Crippen molar-refractivity contribution in [3.05, 3.63) is 59.6 Å². The Morgan fingerprint density at radius 3 is 2.69 bits per heavy atom. The van der Waals surface area contributed by atoms with E-state index in [-0.39, 0.29) is 17.2 Å². The van der Waals surface area contributed by atoms with Crippen LogP contribution in [0.4, 0.5) is 0 Å². The number of benzene rings is 2. The first-order chi connectivity index (χ1) is 17.4. The molecule has 5 rings (SSSR count). The van der Waals surface area contributed by atoms with Crippen LogP contribution in [0.1, 0.15) is 40.0 Å². The Balaban J connectivity index is 1.37. The average molecular weight is 521 g/mol. The Labute approximate surface area is 220 Å². The third-order valence-electron chi connectivity index (χ3n) is 7.17. The van der Waals surface area contributed by atoms with Gasteiger partial charge in [0.25, 0.3) is 5.22 Å². The fraction of sp³-hybridized carbons (Fsp3) is 0.357. The van der Waals surface area contributed by atoms with Crippen molar-refractivity contribution in [1.82, 2.24) is 20.5 Å². The number of fused-ring (bicyclic) bond motifs is 1. The Bertz CT molecular complexity index is 1370. The van der Waals surface area contributed by atoms with Crippen molar-refractivity contribution in [3.8, 4) is 22.7 Å². The second kappa shape index (κ2) is 10.6. The topological polar surface area (TPSA) is 80.9 Å². The SMILES string of the molecule is C[C@H]1[C@H](C)CCC[C@@H]1NC(=O)[C@H](C)Sc1nnc(-c2cc(-c3ccc(Cl)cc3)nc3ccccc23)o1. The van der Waals surface area contributed by atoms with Gasteiger partial charge < -0.3 is 9.73 Å². The fourth-order valence-corrected chi connectivity index (χ4v) is 5.60. The standard InChI is InChI=1S/C28H29ClN4O2S/c1-16-7-6-10-23(17(16)2)31-26(34)18(3)36-28-33-32-27(35-28)22-15-25(19-11-13-20(29)14-12-19)30-24-9-5-4-8-21(22)24/h4-5,8-9,11-18,23H,6-7,10H2,1-3H3,(H,31,34)/t16-,17+,18+,23+/m1/s1. The van der Waals surface area contributed by atoms with E-state index in [1.54, 1.807) is 0 Å². The lowest BCUT2D eigenvalue weighted by molar-refractivity contribution is -0.121. The molecule has 1 N–H and O–H groups in total. The van der Waals surface area contributed by atoms with Crippen molar-refractivity contribution in [1.29, 1.82) is 0 Å². The average Bonchev–Trinajstić information content (AvgIpc) is 3.34. The predicted molar refractivity (Wildman–Crippen MR) is 145 cm³/mol. The number of hydrogen-bond acceptors (Lipinski definition) is 6. The molecule has 0 spiro atoms. The van der Waals surface area contributed by atoms with Crippen molar-refractivity contribution in [3.63, 3.8) is 0 Å². The van der Waals surface area contributed by atoms with Gasteiger partial charge in [-0.25, -0.2) is 4.98 Å². The number of amides is 1. The number of rotatable bonds is 6. The van der Waals surface area contributed by atoms with Gasteiger partial charge >= 0.3 is 0 Å². The summed E-state index contributed by atoms with van der Waals surface area (Å²) in [4.78, 5) is 17.7. The summed E-state index contributed by atoms with van der Waals surface area (Å²) < 4.78 is 6.05. The number of thioether (sulfide) groups is 1. The van der Waals surface area contributed by atoms with Crippen molar-refractivity contribution < 1.29 is 9.21 Å². The predicted octanol–water partition coefficient (Wildman–Crippen LogP) is 7.03. The third-order valence-corrected chi connectivity index (χ3v) is 8.36. The smallest absolute Gasteiger partial charge is 0.277 e. The lowest BCUT2D eigenvalue weighted by atomic mass is 9.78. The van der Waals surface area contributed by atoms with Gasteiger partial charge in [-0.1, -0.05) is 80.4 Å². The molecule has 6 nitrogen and oxygen atoms in total. The second-order valence-corrected chi connectivity index (χ2v) is 11.3. The molecule has 0 unspecified atom stereocenters. The zero-order valence-electron chi connectivity index (χ0n) is 20.6. The van der Waals surface area contributed by atoms with Crippen LogP contribution in [0, 0.1) is 11.8 Å². The summed E-state index contributed by atoms with van der Waals surface area (Å²) in [5.74, 6) is 1.50. The number of carbonyl (C=O) groups excluding carboxylic acids is 1. The maximum atomic E-state index is 12.9. The minimum absolute atomic E-state index is 0.00471. The number of aromatic nitrogens is 3. The first kappa shape index (κ1) is 24.8. The summed E-state index contributed by atoms with van der Waals surface area (Å²) in [5.41, 5.74) is 3.36. The Kier molecular flexibility index (Phi) is 7.30. The van der Waals surface area contributed by atoms with Gasteiger partial charge in [-0.3, -0.25) is 4.79 Å². The molecule has 1 fully saturated rings. The van der Waals surface area contributed by atoms with Gasteiger partial charge in [-0.2, -0.15) is 0 Å². The molecule has 8 heteroatoms. The highest BCUT2D eigenvalue weighted by atomic mass is 35.5. The van der Waals surface area contributed by atoms with Gasteiger partial charge in [0.2, 0.25) is 11.8 Å². The molecule has 4 atom stereocenters. The van der Waals surface area contributed by atoms with E-state index in [1.165, 1.54) is 18.2 Å². The highest BCUT2D eigenvalue weighted by molar-refractivity contribution is 8.00. The molecule has 0 radical (unpaired) electrons. The first-order valence-electron chi connectivity index (χ1n) is 12.4. The van der Waals surface area contributed by atoms with Crippen molar-refractivity contribution >= 4 is 40.2 Å². The number of pyridine rings is 1. The quantitative estimate of drug-likeness (QED) is 0.275. The van der Waals surface area contributed by atoms with Gasteiger partial charge in [0.15, 0.2) is 0 Å². The Hall–Kier alpha value is -2.90. The minimum atomic E-state index is -0.346. The van der Waals surface area contributed by atoms with E-state index < -0.39 is 0 Å². The molecule has 36 heavy (non-hydrogen) atoms. The van der Waals surface area contributed by atoms with E-state index in [2.05, 4.69) is 29.4 Å². The maximum Gasteiger partial charge on any atom is 0.277 e.